The van der Waals surface area contributed by atoms with E-state index in [1.807, 2.05) is 24.3 Å². The van der Waals surface area contributed by atoms with Crippen LogP contribution >= 0.6 is 23.4 Å². The van der Waals surface area contributed by atoms with Gasteiger partial charge in [0.1, 0.15) is 6.07 Å². The minimum atomic E-state index is 0.622. The Balaban J connectivity index is 2.32. The van der Waals surface area contributed by atoms with Gasteiger partial charge < -0.3 is 5.73 Å². The van der Waals surface area contributed by atoms with Crippen LogP contribution in [0.2, 0.25) is 5.02 Å². The molecule has 0 heterocycles. The number of nitrogens with two attached hydrogens (primary N) is 1. The predicted molar refractivity (Wildman–Crippen MR) is 71.1 cm³/mol. The molecule has 84 valence electrons. The number of hydrogen-bond acceptors (Lipinski definition) is 3. The molecule has 0 aliphatic carbocycles. The number of hydrogen-bond donors (Lipinski definition) is 1. The van der Waals surface area contributed by atoms with Gasteiger partial charge >= 0.3 is 0 Å². The Morgan fingerprint density at radius 2 is 1.82 bits per heavy atom. The first-order chi connectivity index (χ1) is 8.19. The second-order valence-corrected chi connectivity index (χ2v) is 4.98. The summed E-state index contributed by atoms with van der Waals surface area (Å²) >= 11 is 7.42. The average Bonchev–Trinajstić information content (AvgIpc) is 2.32. The van der Waals surface area contributed by atoms with Crippen molar-refractivity contribution in [1.82, 2.24) is 0 Å². The molecule has 0 aliphatic rings. The molecular weight excluding hydrogens is 252 g/mol. The first kappa shape index (κ1) is 11.8. The third kappa shape index (κ3) is 2.94. The van der Waals surface area contributed by atoms with Gasteiger partial charge in [-0.05, 0) is 42.5 Å². The average molecular weight is 261 g/mol. The Hall–Kier alpha value is -1.63. The Morgan fingerprint density at radius 3 is 2.47 bits per heavy atom. The predicted octanol–water partition coefficient (Wildman–Crippen LogP) is 3.95. The van der Waals surface area contributed by atoms with Crippen LogP contribution in [-0.4, -0.2) is 0 Å². The molecule has 0 radical (unpaired) electrons. The summed E-state index contributed by atoms with van der Waals surface area (Å²) in [7, 11) is 0. The summed E-state index contributed by atoms with van der Waals surface area (Å²) < 4.78 is 0. The molecule has 17 heavy (non-hydrogen) atoms. The molecule has 4 heteroatoms. The van der Waals surface area contributed by atoms with Crippen LogP contribution in [0.25, 0.3) is 0 Å². The van der Waals surface area contributed by atoms with Crippen molar-refractivity contribution in [3.05, 3.63) is 53.1 Å². The van der Waals surface area contributed by atoms with E-state index in [1.165, 1.54) is 11.8 Å². The number of anilines is 1. The van der Waals surface area contributed by atoms with E-state index in [0.717, 1.165) is 15.5 Å². The van der Waals surface area contributed by atoms with E-state index >= 15 is 0 Å². The SMILES string of the molecule is N#Cc1ccc(Cl)cc1Sc1ccc(N)cc1. The fourth-order valence-corrected chi connectivity index (χ4v) is 2.51. The van der Waals surface area contributed by atoms with Crippen molar-refractivity contribution in [2.75, 3.05) is 5.73 Å². The van der Waals surface area contributed by atoms with E-state index in [-0.39, 0.29) is 0 Å². The van der Waals surface area contributed by atoms with Crippen LogP contribution in [0.5, 0.6) is 0 Å². The molecule has 2 N–H and O–H groups in total. The number of rotatable bonds is 2. The fourth-order valence-electron chi connectivity index (χ4n) is 1.34. The van der Waals surface area contributed by atoms with Crippen molar-refractivity contribution < 1.29 is 0 Å². The van der Waals surface area contributed by atoms with Crippen molar-refractivity contribution in [3.8, 4) is 6.07 Å². The number of nitrogen functional groups attached to an aromatic ring is 1. The van der Waals surface area contributed by atoms with Crippen LogP contribution < -0.4 is 5.73 Å². The summed E-state index contributed by atoms with van der Waals surface area (Å²) in [5, 5.41) is 9.63. The molecule has 0 spiro atoms. The van der Waals surface area contributed by atoms with E-state index in [0.29, 0.717) is 10.6 Å². The normalized spacial score (nSPS) is 9.88. The van der Waals surface area contributed by atoms with Crippen LogP contribution in [0, 0.1) is 11.3 Å². The van der Waals surface area contributed by atoms with Crippen LogP contribution in [0.3, 0.4) is 0 Å². The summed E-state index contributed by atoms with van der Waals surface area (Å²) in [6, 6.07) is 14.9. The molecule has 2 rings (SSSR count). The van der Waals surface area contributed by atoms with E-state index in [2.05, 4.69) is 6.07 Å². The minimum absolute atomic E-state index is 0.622. The number of halogens is 1. The van der Waals surface area contributed by atoms with Crippen molar-refractivity contribution in [2.45, 2.75) is 9.79 Å². The summed E-state index contributed by atoms with van der Waals surface area (Å²) in [6.07, 6.45) is 0. The van der Waals surface area contributed by atoms with Gasteiger partial charge in [0.2, 0.25) is 0 Å². The summed E-state index contributed by atoms with van der Waals surface area (Å²) in [5.74, 6) is 0. The van der Waals surface area contributed by atoms with Gasteiger partial charge in [-0.3, -0.25) is 0 Å². The van der Waals surface area contributed by atoms with E-state index in [9.17, 15) is 0 Å². The first-order valence-electron chi connectivity index (χ1n) is 4.92. The standard InChI is InChI=1S/C13H9ClN2S/c14-10-2-1-9(8-15)13(7-10)17-12-5-3-11(16)4-6-12/h1-7H,16H2. The second kappa shape index (κ2) is 5.13. The Kier molecular flexibility index (Phi) is 3.58. The molecule has 2 aromatic rings. The van der Waals surface area contributed by atoms with Gasteiger partial charge in [0.05, 0.1) is 5.56 Å². The third-order valence-corrected chi connectivity index (χ3v) is 3.47. The van der Waals surface area contributed by atoms with Crippen molar-refractivity contribution >= 4 is 29.1 Å². The highest BCUT2D eigenvalue weighted by Gasteiger charge is 2.05. The van der Waals surface area contributed by atoms with Crippen LogP contribution in [0.4, 0.5) is 5.69 Å². The van der Waals surface area contributed by atoms with Gasteiger partial charge in [-0.25, -0.2) is 0 Å². The van der Waals surface area contributed by atoms with Gasteiger partial charge in [-0.2, -0.15) is 5.26 Å². The van der Waals surface area contributed by atoms with E-state index < -0.39 is 0 Å². The molecular formula is C13H9ClN2S. The maximum Gasteiger partial charge on any atom is 0.100 e. The molecule has 0 aliphatic heterocycles. The number of nitrogens with zero attached hydrogens (tertiary/aromatic N) is 1. The lowest BCUT2D eigenvalue weighted by molar-refractivity contribution is 1.35. The highest BCUT2D eigenvalue weighted by molar-refractivity contribution is 7.99. The number of nitriles is 1. The van der Waals surface area contributed by atoms with Crippen molar-refractivity contribution in [2.24, 2.45) is 0 Å². The quantitative estimate of drug-likeness (QED) is 0.832. The van der Waals surface area contributed by atoms with Crippen molar-refractivity contribution in [1.29, 1.82) is 5.26 Å². The topological polar surface area (TPSA) is 49.8 Å². The summed E-state index contributed by atoms with van der Waals surface area (Å²) in [6.45, 7) is 0. The lowest BCUT2D eigenvalue weighted by Gasteiger charge is -2.04. The lowest BCUT2D eigenvalue weighted by atomic mass is 10.2. The fraction of sp³-hybridized carbons (Fsp3) is 0. The van der Waals surface area contributed by atoms with Crippen LogP contribution in [0.15, 0.2) is 52.3 Å². The number of benzene rings is 2. The maximum absolute atomic E-state index is 9.01. The van der Waals surface area contributed by atoms with Crippen LogP contribution in [0.1, 0.15) is 5.56 Å². The Morgan fingerprint density at radius 1 is 1.12 bits per heavy atom. The van der Waals surface area contributed by atoms with Gasteiger partial charge in [0, 0.05) is 20.5 Å². The molecule has 0 amide bonds. The van der Waals surface area contributed by atoms with Gasteiger partial charge in [-0.1, -0.05) is 23.4 Å². The zero-order chi connectivity index (χ0) is 12.3. The zero-order valence-corrected chi connectivity index (χ0v) is 10.4. The molecule has 0 unspecified atom stereocenters. The van der Waals surface area contributed by atoms with Crippen LogP contribution in [-0.2, 0) is 0 Å². The molecule has 0 saturated heterocycles. The van der Waals surface area contributed by atoms with E-state index in [4.69, 9.17) is 22.6 Å². The Bertz CT molecular complexity index is 573. The summed E-state index contributed by atoms with van der Waals surface area (Å²) in [5.41, 5.74) is 6.96. The molecule has 2 aromatic carbocycles. The Labute approximate surface area is 109 Å². The summed E-state index contributed by atoms with van der Waals surface area (Å²) in [4.78, 5) is 1.88. The third-order valence-electron chi connectivity index (χ3n) is 2.17. The highest BCUT2D eigenvalue weighted by atomic mass is 35.5. The lowest BCUT2D eigenvalue weighted by Crippen LogP contribution is -1.84. The molecule has 0 aromatic heterocycles. The monoisotopic (exact) mass is 260 g/mol. The first-order valence-corrected chi connectivity index (χ1v) is 6.11. The second-order valence-electron chi connectivity index (χ2n) is 3.42. The highest BCUT2D eigenvalue weighted by Crippen LogP contribution is 2.32. The molecule has 0 bridgehead atoms. The minimum Gasteiger partial charge on any atom is -0.399 e. The molecule has 2 nitrogen and oxygen atoms in total. The van der Waals surface area contributed by atoms with Gasteiger partial charge in [0.25, 0.3) is 0 Å². The smallest absolute Gasteiger partial charge is 0.100 e. The van der Waals surface area contributed by atoms with Gasteiger partial charge in [0.15, 0.2) is 0 Å². The largest absolute Gasteiger partial charge is 0.399 e. The molecule has 0 saturated carbocycles. The zero-order valence-electron chi connectivity index (χ0n) is 8.85. The van der Waals surface area contributed by atoms with E-state index in [1.54, 1.807) is 18.2 Å². The molecule has 0 atom stereocenters. The molecule has 0 fully saturated rings. The maximum atomic E-state index is 9.01. The van der Waals surface area contributed by atoms with Gasteiger partial charge in [-0.15, -0.1) is 0 Å². The van der Waals surface area contributed by atoms with Crippen molar-refractivity contribution in [3.63, 3.8) is 0 Å².